The summed E-state index contributed by atoms with van der Waals surface area (Å²) >= 11 is 0. The number of hydrogen-bond acceptors (Lipinski definition) is 7. The molecule has 1 aliphatic carbocycles. The van der Waals surface area contributed by atoms with Crippen molar-refractivity contribution in [3.05, 3.63) is 42.0 Å². The van der Waals surface area contributed by atoms with Gasteiger partial charge in [0.1, 0.15) is 0 Å². The van der Waals surface area contributed by atoms with Gasteiger partial charge in [0.05, 0.1) is 26.4 Å². The van der Waals surface area contributed by atoms with Crippen molar-refractivity contribution in [1.29, 1.82) is 0 Å². The average molecular weight is 516 g/mol. The third-order valence-corrected chi connectivity index (χ3v) is 9.10. The van der Waals surface area contributed by atoms with Crippen molar-refractivity contribution in [2.45, 2.75) is 102 Å². The number of aliphatic hydroxyl groups is 1. The number of allylic oxidation sites excluding steroid dienone is 1. The lowest BCUT2D eigenvalue weighted by atomic mass is 9.72. The van der Waals surface area contributed by atoms with Gasteiger partial charge in [-0.3, -0.25) is 14.4 Å². The highest BCUT2D eigenvalue weighted by molar-refractivity contribution is 6.01. The van der Waals surface area contributed by atoms with Crippen molar-refractivity contribution in [2.24, 2.45) is 11.3 Å². The lowest BCUT2D eigenvalue weighted by Gasteiger charge is -2.58. The lowest BCUT2D eigenvalue weighted by molar-refractivity contribution is -0.332. The molecule has 0 spiro atoms. The zero-order valence-corrected chi connectivity index (χ0v) is 23.4. The fourth-order valence-corrected chi connectivity index (χ4v) is 6.75. The van der Waals surface area contributed by atoms with Crippen LogP contribution in [-0.4, -0.2) is 59.6 Å². The summed E-state index contributed by atoms with van der Waals surface area (Å²) in [5.74, 6) is -1.66. The quantitative estimate of drug-likeness (QED) is 0.334. The van der Waals surface area contributed by atoms with Crippen LogP contribution in [0.15, 0.2) is 36.4 Å². The molecular weight excluding hydrogens is 470 g/mol. The van der Waals surface area contributed by atoms with Crippen molar-refractivity contribution in [1.82, 2.24) is 5.06 Å². The zero-order chi connectivity index (χ0) is 27.3. The van der Waals surface area contributed by atoms with Crippen molar-refractivity contribution in [3.63, 3.8) is 0 Å². The van der Waals surface area contributed by atoms with Crippen molar-refractivity contribution in [3.8, 4) is 0 Å². The average Bonchev–Trinajstić information content (AvgIpc) is 3.31. The van der Waals surface area contributed by atoms with E-state index in [1.54, 1.807) is 0 Å². The predicted octanol–water partition coefficient (Wildman–Crippen LogP) is 5.32. The number of rotatable bonds is 10. The Labute approximate surface area is 222 Å². The molecule has 1 saturated heterocycles. The second-order valence-electron chi connectivity index (χ2n) is 10.7. The van der Waals surface area contributed by atoms with Crippen LogP contribution in [0.2, 0.25) is 0 Å². The number of carbonyl (C=O) groups is 2. The van der Waals surface area contributed by atoms with E-state index in [9.17, 15) is 14.7 Å². The van der Waals surface area contributed by atoms with Gasteiger partial charge in [-0.2, -0.15) is 5.06 Å². The van der Waals surface area contributed by atoms with Gasteiger partial charge in [0, 0.05) is 23.4 Å². The molecule has 206 valence electrons. The minimum Gasteiger partial charge on any atom is -0.468 e. The molecule has 1 aromatic carbocycles. The minimum absolute atomic E-state index is 0.169. The molecule has 0 radical (unpaired) electrons. The number of hydrogen-bond donors (Lipinski definition) is 1. The van der Waals surface area contributed by atoms with Crippen LogP contribution < -0.4 is 0 Å². The van der Waals surface area contributed by atoms with Crippen LogP contribution in [0, 0.1) is 11.3 Å². The van der Waals surface area contributed by atoms with Gasteiger partial charge in [0.2, 0.25) is 0 Å². The Morgan fingerprint density at radius 2 is 1.43 bits per heavy atom. The Kier molecular flexibility index (Phi) is 9.59. The summed E-state index contributed by atoms with van der Waals surface area (Å²) in [5, 5.41) is 13.0. The molecule has 7 nitrogen and oxygen atoms in total. The summed E-state index contributed by atoms with van der Waals surface area (Å²) in [6.45, 7) is 8.56. The van der Waals surface area contributed by atoms with Crippen molar-refractivity contribution < 1.29 is 29.0 Å². The van der Waals surface area contributed by atoms with Gasteiger partial charge in [-0.1, -0.05) is 70.2 Å². The molecule has 1 aliphatic heterocycles. The molecule has 1 N–H and O–H groups in total. The first-order valence-corrected chi connectivity index (χ1v) is 13.8. The maximum atomic E-state index is 13.3. The number of carbonyl (C=O) groups excluding carboxylic acids is 2. The first-order chi connectivity index (χ1) is 17.7. The highest BCUT2D eigenvalue weighted by Crippen LogP contribution is 2.52. The smallest absolute Gasteiger partial charge is 0.323 e. The maximum Gasteiger partial charge on any atom is 0.323 e. The molecule has 0 aromatic heterocycles. The molecule has 0 amide bonds. The van der Waals surface area contributed by atoms with Crippen LogP contribution in [0.25, 0.3) is 6.08 Å². The number of methoxy groups -OCH3 is 2. The fourth-order valence-electron chi connectivity index (χ4n) is 6.75. The first kappa shape index (κ1) is 29.3. The van der Waals surface area contributed by atoms with E-state index in [1.807, 2.05) is 42.5 Å². The summed E-state index contributed by atoms with van der Waals surface area (Å²) in [4.78, 5) is 33.4. The van der Waals surface area contributed by atoms with E-state index >= 15 is 0 Å². The first-order valence-electron chi connectivity index (χ1n) is 13.8. The molecule has 1 aromatic rings. The van der Waals surface area contributed by atoms with E-state index in [2.05, 4.69) is 32.8 Å². The fraction of sp³-hybridized carbons (Fsp3) is 0.667. The van der Waals surface area contributed by atoms with Crippen molar-refractivity contribution >= 4 is 18.0 Å². The van der Waals surface area contributed by atoms with Crippen LogP contribution in [0.4, 0.5) is 0 Å². The van der Waals surface area contributed by atoms with E-state index in [4.69, 9.17) is 14.3 Å². The summed E-state index contributed by atoms with van der Waals surface area (Å²) in [7, 11) is 2.62. The second kappa shape index (κ2) is 12.1. The number of esters is 2. The predicted molar refractivity (Wildman–Crippen MR) is 143 cm³/mol. The SMILES string of the molecule is CCC1(CC)CC(O)CC(CC)(CC)N1OC1CC(/C=C/c2ccccc2)C(C(=O)OC)(C(=O)OC)C1. The van der Waals surface area contributed by atoms with Gasteiger partial charge >= 0.3 is 11.9 Å². The summed E-state index contributed by atoms with van der Waals surface area (Å²) in [6, 6.07) is 9.79. The van der Waals surface area contributed by atoms with E-state index in [-0.39, 0.29) is 17.5 Å². The third-order valence-electron chi connectivity index (χ3n) is 9.10. The third kappa shape index (κ3) is 5.36. The molecular formula is C30H45NO6. The van der Waals surface area contributed by atoms with Gasteiger partial charge in [0.25, 0.3) is 0 Å². The summed E-state index contributed by atoms with van der Waals surface area (Å²) < 4.78 is 10.4. The van der Waals surface area contributed by atoms with Gasteiger partial charge in [-0.25, -0.2) is 0 Å². The molecule has 0 bridgehead atoms. The molecule has 1 saturated carbocycles. The normalized spacial score (nSPS) is 25.3. The van der Waals surface area contributed by atoms with Crippen LogP contribution >= 0.6 is 0 Å². The van der Waals surface area contributed by atoms with Gasteiger partial charge in [0.15, 0.2) is 5.41 Å². The van der Waals surface area contributed by atoms with Crippen molar-refractivity contribution in [2.75, 3.05) is 14.2 Å². The van der Waals surface area contributed by atoms with E-state index < -0.39 is 35.5 Å². The molecule has 2 aliphatic rings. The molecule has 1 heterocycles. The zero-order valence-electron chi connectivity index (χ0n) is 23.4. The molecule has 2 atom stereocenters. The number of nitrogens with zero attached hydrogens (tertiary/aromatic N) is 1. The lowest BCUT2D eigenvalue weighted by Crippen LogP contribution is -2.66. The Morgan fingerprint density at radius 1 is 0.919 bits per heavy atom. The van der Waals surface area contributed by atoms with Gasteiger partial charge in [-0.05, 0) is 50.5 Å². The van der Waals surface area contributed by atoms with E-state index in [1.165, 1.54) is 14.2 Å². The highest BCUT2D eigenvalue weighted by Gasteiger charge is 2.61. The standard InChI is InChI=1S/C30H45NO6/c1-7-28(8-2)19-24(32)20-29(9-3,10-4)31(28)37-25-18-23(17-16-22-14-12-11-13-15-22)30(21-25,26(33)35-5)27(34)36-6/h11-17,23-25,32H,7-10,18-21H2,1-6H3/b17-16+. The highest BCUT2D eigenvalue weighted by atomic mass is 16.7. The van der Waals surface area contributed by atoms with Gasteiger partial charge in [-0.15, -0.1) is 0 Å². The van der Waals surface area contributed by atoms with E-state index in [0.717, 1.165) is 31.2 Å². The largest absolute Gasteiger partial charge is 0.468 e. The Hall–Kier alpha value is -2.22. The number of aliphatic hydroxyl groups excluding tert-OH is 1. The number of piperidine rings is 1. The summed E-state index contributed by atoms with van der Waals surface area (Å²) in [5.41, 5.74) is -1.18. The maximum absolute atomic E-state index is 13.3. The monoisotopic (exact) mass is 515 g/mol. The summed E-state index contributed by atoms with van der Waals surface area (Å²) in [6.07, 6.45) is 8.27. The Balaban J connectivity index is 2.03. The molecule has 37 heavy (non-hydrogen) atoms. The van der Waals surface area contributed by atoms with Crippen LogP contribution in [-0.2, 0) is 23.9 Å². The molecule has 2 unspecified atom stereocenters. The second-order valence-corrected chi connectivity index (χ2v) is 10.7. The van der Waals surface area contributed by atoms with Crippen LogP contribution in [0.5, 0.6) is 0 Å². The van der Waals surface area contributed by atoms with Gasteiger partial charge < -0.3 is 14.6 Å². The number of benzene rings is 1. The van der Waals surface area contributed by atoms with Crippen LogP contribution in [0.3, 0.4) is 0 Å². The Morgan fingerprint density at radius 3 is 1.89 bits per heavy atom. The molecule has 3 rings (SSSR count). The van der Waals surface area contributed by atoms with Crippen LogP contribution in [0.1, 0.15) is 84.6 Å². The van der Waals surface area contributed by atoms with E-state index in [0.29, 0.717) is 19.3 Å². The number of ether oxygens (including phenoxy) is 2. The minimum atomic E-state index is -1.49. The Bertz CT molecular complexity index is 899. The topological polar surface area (TPSA) is 85.3 Å². The molecule has 2 fully saturated rings. The number of hydroxylamine groups is 2. The molecule has 7 heteroatoms.